The number of carbonyl (C=O) groups is 1. The topological polar surface area (TPSA) is 67.3 Å². The van der Waals surface area contributed by atoms with Crippen LogP contribution in [0.15, 0.2) is 60.9 Å². The first kappa shape index (κ1) is 18.0. The van der Waals surface area contributed by atoms with E-state index in [4.69, 9.17) is 4.74 Å². The molecule has 0 saturated carbocycles. The minimum Gasteiger partial charge on any atom is -0.496 e. The van der Waals surface area contributed by atoms with Gasteiger partial charge in [-0.15, -0.1) is 0 Å². The molecule has 0 saturated heterocycles. The van der Waals surface area contributed by atoms with Crippen LogP contribution in [0.5, 0.6) is 5.75 Å². The Morgan fingerprint density at radius 1 is 1.11 bits per heavy atom. The highest BCUT2D eigenvalue weighted by atomic mass is 16.5. The molecule has 0 bridgehead atoms. The molecule has 1 aromatic heterocycles. The maximum absolute atomic E-state index is 12.9. The van der Waals surface area contributed by atoms with E-state index in [0.29, 0.717) is 31.1 Å². The fourth-order valence-electron chi connectivity index (χ4n) is 3.44. The number of nitrogens with zero attached hydrogens (tertiary/aromatic N) is 3. The van der Waals surface area contributed by atoms with Crippen LogP contribution < -0.4 is 10.1 Å². The zero-order valence-corrected chi connectivity index (χ0v) is 15.8. The molecule has 6 nitrogen and oxygen atoms in total. The third kappa shape index (κ3) is 3.81. The molecule has 142 valence electrons. The van der Waals surface area contributed by atoms with Crippen molar-refractivity contribution in [3.63, 3.8) is 0 Å². The summed E-state index contributed by atoms with van der Waals surface area (Å²) in [5.41, 5.74) is 3.93. The highest BCUT2D eigenvalue weighted by Crippen LogP contribution is 2.21. The largest absolute Gasteiger partial charge is 0.496 e. The second kappa shape index (κ2) is 8.08. The first-order chi connectivity index (χ1) is 13.7. The van der Waals surface area contributed by atoms with Gasteiger partial charge in [0.2, 0.25) is 0 Å². The lowest BCUT2D eigenvalue weighted by Gasteiger charge is -2.28. The Balaban J connectivity index is 1.46. The van der Waals surface area contributed by atoms with Gasteiger partial charge in [-0.25, -0.2) is 9.97 Å². The van der Waals surface area contributed by atoms with Crippen molar-refractivity contribution in [2.75, 3.05) is 19.0 Å². The number of benzene rings is 2. The minimum atomic E-state index is -0.0720. The summed E-state index contributed by atoms with van der Waals surface area (Å²) >= 11 is 0. The number of ether oxygens (including phenoxy) is 1. The smallest absolute Gasteiger partial charge is 0.272 e. The minimum absolute atomic E-state index is 0.0720. The maximum Gasteiger partial charge on any atom is 0.272 e. The number of rotatable bonds is 5. The Morgan fingerprint density at radius 2 is 1.89 bits per heavy atom. The molecular formula is C22H22N4O2. The van der Waals surface area contributed by atoms with E-state index in [1.165, 1.54) is 17.5 Å². The van der Waals surface area contributed by atoms with Gasteiger partial charge in [-0.2, -0.15) is 0 Å². The number of methoxy groups -OCH3 is 1. The summed E-state index contributed by atoms with van der Waals surface area (Å²) in [4.78, 5) is 23.2. The molecule has 0 aliphatic carbocycles. The molecule has 1 aliphatic rings. The van der Waals surface area contributed by atoms with E-state index in [9.17, 15) is 4.79 Å². The Bertz CT molecular complexity index is 990. The molecule has 1 aliphatic heterocycles. The standard InChI is InChI=1S/C22H22N4O2/c1-28-20-9-5-4-7-17(20)13-23-21-12-19(24-15-25-21)22(27)26-11-10-16-6-2-3-8-18(16)14-26/h2-9,12,15H,10-11,13-14H2,1H3,(H,23,24,25). The van der Waals surface area contributed by atoms with E-state index >= 15 is 0 Å². The van der Waals surface area contributed by atoms with Crippen molar-refractivity contribution in [2.24, 2.45) is 0 Å². The summed E-state index contributed by atoms with van der Waals surface area (Å²) in [6.07, 6.45) is 2.29. The van der Waals surface area contributed by atoms with Crippen LogP contribution in [0.25, 0.3) is 0 Å². The van der Waals surface area contributed by atoms with Crippen LogP contribution in [0.2, 0.25) is 0 Å². The number of fused-ring (bicyclic) bond motifs is 1. The van der Waals surface area contributed by atoms with Crippen LogP contribution in [-0.4, -0.2) is 34.4 Å². The Kier molecular flexibility index (Phi) is 5.19. The van der Waals surface area contributed by atoms with Crippen molar-refractivity contribution in [1.29, 1.82) is 0 Å². The van der Waals surface area contributed by atoms with Gasteiger partial charge in [0, 0.05) is 31.3 Å². The molecule has 0 atom stereocenters. The van der Waals surface area contributed by atoms with Crippen molar-refractivity contribution in [3.05, 3.63) is 83.3 Å². The number of para-hydroxylation sites is 1. The maximum atomic E-state index is 12.9. The van der Waals surface area contributed by atoms with Crippen molar-refractivity contribution >= 4 is 11.7 Å². The predicted octanol–water partition coefficient (Wildman–Crippen LogP) is 3.30. The van der Waals surface area contributed by atoms with Gasteiger partial charge in [-0.1, -0.05) is 42.5 Å². The third-order valence-corrected chi connectivity index (χ3v) is 4.96. The highest BCUT2D eigenvalue weighted by molar-refractivity contribution is 5.93. The number of nitrogens with one attached hydrogen (secondary N) is 1. The van der Waals surface area contributed by atoms with E-state index in [1.54, 1.807) is 13.2 Å². The summed E-state index contributed by atoms with van der Waals surface area (Å²) in [7, 11) is 1.65. The van der Waals surface area contributed by atoms with Crippen LogP contribution >= 0.6 is 0 Å². The fraction of sp³-hybridized carbons (Fsp3) is 0.227. The van der Waals surface area contributed by atoms with Crippen molar-refractivity contribution < 1.29 is 9.53 Å². The first-order valence-electron chi connectivity index (χ1n) is 9.28. The first-order valence-corrected chi connectivity index (χ1v) is 9.28. The van der Waals surface area contributed by atoms with Crippen LogP contribution in [0.4, 0.5) is 5.82 Å². The lowest BCUT2D eigenvalue weighted by molar-refractivity contribution is 0.0728. The van der Waals surface area contributed by atoms with Gasteiger partial charge in [-0.05, 0) is 23.6 Å². The number of anilines is 1. The van der Waals surface area contributed by atoms with Gasteiger partial charge >= 0.3 is 0 Å². The lowest BCUT2D eigenvalue weighted by atomic mass is 10.00. The molecule has 2 aromatic carbocycles. The Morgan fingerprint density at radius 3 is 2.75 bits per heavy atom. The lowest BCUT2D eigenvalue weighted by Crippen LogP contribution is -2.36. The molecular weight excluding hydrogens is 352 g/mol. The number of amides is 1. The van der Waals surface area contributed by atoms with E-state index in [0.717, 1.165) is 17.7 Å². The molecule has 0 radical (unpaired) electrons. The van der Waals surface area contributed by atoms with E-state index in [1.807, 2.05) is 41.3 Å². The number of carbonyl (C=O) groups excluding carboxylic acids is 1. The van der Waals surface area contributed by atoms with Crippen LogP contribution in [0.3, 0.4) is 0 Å². The van der Waals surface area contributed by atoms with Crippen molar-refractivity contribution in [3.8, 4) is 5.75 Å². The molecule has 0 unspecified atom stereocenters. The Hall–Kier alpha value is -3.41. The molecule has 28 heavy (non-hydrogen) atoms. The van der Waals surface area contributed by atoms with Crippen molar-refractivity contribution in [2.45, 2.75) is 19.5 Å². The van der Waals surface area contributed by atoms with Crippen LogP contribution in [0.1, 0.15) is 27.2 Å². The second-order valence-electron chi connectivity index (χ2n) is 6.70. The SMILES string of the molecule is COc1ccccc1CNc1cc(C(=O)N2CCc3ccccc3C2)ncn1. The number of hydrogen-bond donors (Lipinski definition) is 1. The van der Waals surface area contributed by atoms with Crippen LogP contribution in [0, 0.1) is 0 Å². The fourth-order valence-corrected chi connectivity index (χ4v) is 3.44. The van der Waals surface area contributed by atoms with Gasteiger partial charge in [0.15, 0.2) is 0 Å². The average Bonchev–Trinajstić information content (AvgIpc) is 2.77. The van der Waals surface area contributed by atoms with Gasteiger partial charge < -0.3 is 15.0 Å². The molecule has 3 aromatic rings. The summed E-state index contributed by atoms with van der Waals surface area (Å²) in [5.74, 6) is 1.35. The summed E-state index contributed by atoms with van der Waals surface area (Å²) in [6.45, 7) is 1.86. The average molecular weight is 374 g/mol. The van der Waals surface area contributed by atoms with Gasteiger partial charge in [0.05, 0.1) is 7.11 Å². The second-order valence-corrected chi connectivity index (χ2v) is 6.70. The zero-order valence-electron chi connectivity index (χ0n) is 15.8. The van der Waals surface area contributed by atoms with E-state index < -0.39 is 0 Å². The number of hydrogen-bond acceptors (Lipinski definition) is 5. The zero-order chi connectivity index (χ0) is 19.3. The third-order valence-electron chi connectivity index (χ3n) is 4.96. The van der Waals surface area contributed by atoms with Gasteiger partial charge in [0.1, 0.15) is 23.6 Å². The highest BCUT2D eigenvalue weighted by Gasteiger charge is 2.22. The van der Waals surface area contributed by atoms with Crippen molar-refractivity contribution in [1.82, 2.24) is 14.9 Å². The Labute approximate surface area is 164 Å². The normalized spacial score (nSPS) is 13.0. The molecule has 2 heterocycles. The van der Waals surface area contributed by atoms with E-state index in [2.05, 4.69) is 27.4 Å². The van der Waals surface area contributed by atoms with Gasteiger partial charge in [-0.3, -0.25) is 4.79 Å². The monoisotopic (exact) mass is 374 g/mol. The van der Waals surface area contributed by atoms with Crippen LogP contribution in [-0.2, 0) is 19.5 Å². The molecule has 1 amide bonds. The molecule has 4 rings (SSSR count). The predicted molar refractivity (Wildman–Crippen MR) is 107 cm³/mol. The molecule has 0 spiro atoms. The summed E-state index contributed by atoms with van der Waals surface area (Å²) in [6, 6.07) is 17.8. The van der Waals surface area contributed by atoms with Gasteiger partial charge in [0.25, 0.3) is 5.91 Å². The van der Waals surface area contributed by atoms with E-state index in [-0.39, 0.29) is 5.91 Å². The quantitative estimate of drug-likeness (QED) is 0.742. The molecule has 1 N–H and O–H groups in total. The number of aromatic nitrogens is 2. The summed E-state index contributed by atoms with van der Waals surface area (Å²) < 4.78 is 5.37. The molecule has 6 heteroatoms. The molecule has 0 fully saturated rings. The summed E-state index contributed by atoms with van der Waals surface area (Å²) in [5, 5.41) is 3.25.